The van der Waals surface area contributed by atoms with Gasteiger partial charge in [0.1, 0.15) is 6.10 Å². The van der Waals surface area contributed by atoms with Crippen molar-refractivity contribution in [1.82, 2.24) is 0 Å². The molecular formula is C16H24N2O2. The van der Waals surface area contributed by atoms with E-state index >= 15 is 0 Å². The molecule has 1 aromatic carbocycles. The van der Waals surface area contributed by atoms with Gasteiger partial charge in [-0.15, -0.1) is 0 Å². The van der Waals surface area contributed by atoms with Crippen molar-refractivity contribution in [1.29, 1.82) is 0 Å². The van der Waals surface area contributed by atoms with E-state index in [0.717, 1.165) is 18.5 Å². The van der Waals surface area contributed by atoms with Gasteiger partial charge >= 0.3 is 0 Å². The second kappa shape index (κ2) is 5.94. The summed E-state index contributed by atoms with van der Waals surface area (Å²) in [6, 6.07) is 7.87. The van der Waals surface area contributed by atoms with Crippen LogP contribution in [0.3, 0.4) is 0 Å². The van der Waals surface area contributed by atoms with Gasteiger partial charge in [-0.2, -0.15) is 0 Å². The van der Waals surface area contributed by atoms with E-state index in [0.29, 0.717) is 6.54 Å². The average molecular weight is 276 g/mol. The molecule has 0 spiro atoms. The molecule has 0 aromatic heterocycles. The third kappa shape index (κ3) is 3.38. The summed E-state index contributed by atoms with van der Waals surface area (Å²) in [5.74, 6) is -0.0554. The van der Waals surface area contributed by atoms with Gasteiger partial charge in [-0.1, -0.05) is 26.0 Å². The van der Waals surface area contributed by atoms with E-state index in [2.05, 4.69) is 19.2 Å². The van der Waals surface area contributed by atoms with Crippen molar-refractivity contribution in [3.63, 3.8) is 0 Å². The molecule has 3 N–H and O–H groups in total. The summed E-state index contributed by atoms with van der Waals surface area (Å²) in [4.78, 5) is 12.0. The second-order valence-corrected chi connectivity index (χ2v) is 6.17. The Hall–Kier alpha value is -1.39. The van der Waals surface area contributed by atoms with Crippen LogP contribution in [-0.2, 0) is 14.9 Å². The number of nitrogens with two attached hydrogens (primary N) is 1. The molecule has 1 aromatic rings. The molecule has 1 aliphatic rings. The third-order valence-electron chi connectivity index (χ3n) is 3.97. The normalized spacial score (nSPS) is 22.8. The van der Waals surface area contributed by atoms with Gasteiger partial charge in [0.15, 0.2) is 0 Å². The first-order valence-electron chi connectivity index (χ1n) is 7.19. The summed E-state index contributed by atoms with van der Waals surface area (Å²) in [6.45, 7) is 6.80. The molecule has 0 radical (unpaired) electrons. The predicted molar refractivity (Wildman–Crippen MR) is 80.7 cm³/mol. The Labute approximate surface area is 120 Å². The molecule has 4 heteroatoms. The molecule has 4 nitrogen and oxygen atoms in total. The van der Waals surface area contributed by atoms with Crippen molar-refractivity contribution < 1.29 is 9.53 Å². The minimum absolute atomic E-state index is 0.0491. The minimum Gasteiger partial charge on any atom is -0.365 e. The topological polar surface area (TPSA) is 64.4 Å². The molecule has 2 unspecified atom stereocenters. The molecule has 20 heavy (non-hydrogen) atoms. The zero-order chi connectivity index (χ0) is 14.8. The number of rotatable bonds is 4. The maximum Gasteiger partial charge on any atom is 0.253 e. The van der Waals surface area contributed by atoms with E-state index < -0.39 is 0 Å². The summed E-state index contributed by atoms with van der Waals surface area (Å²) in [5, 5.41) is 2.91. The molecule has 1 amide bonds. The van der Waals surface area contributed by atoms with E-state index in [9.17, 15) is 4.79 Å². The lowest BCUT2D eigenvalue weighted by Gasteiger charge is -2.23. The Morgan fingerprint density at radius 1 is 1.35 bits per heavy atom. The predicted octanol–water partition coefficient (Wildman–Crippen LogP) is 2.43. The molecular weight excluding hydrogens is 252 g/mol. The van der Waals surface area contributed by atoms with Crippen LogP contribution < -0.4 is 11.1 Å². The highest BCUT2D eigenvalue weighted by Crippen LogP contribution is 2.24. The van der Waals surface area contributed by atoms with Gasteiger partial charge in [0, 0.05) is 17.6 Å². The first-order valence-corrected chi connectivity index (χ1v) is 7.19. The summed E-state index contributed by atoms with van der Waals surface area (Å²) in [5.41, 5.74) is 7.69. The molecule has 2 rings (SSSR count). The number of hydrogen-bond donors (Lipinski definition) is 2. The molecule has 110 valence electrons. The Bertz CT molecular complexity index is 468. The van der Waals surface area contributed by atoms with Gasteiger partial charge in [0.05, 0.1) is 6.10 Å². The van der Waals surface area contributed by atoms with Gasteiger partial charge in [0.2, 0.25) is 0 Å². The molecule has 1 heterocycles. The largest absolute Gasteiger partial charge is 0.365 e. The lowest BCUT2D eigenvalue weighted by Crippen LogP contribution is -2.29. The Balaban J connectivity index is 1.99. The number of amides is 1. The second-order valence-electron chi connectivity index (χ2n) is 6.17. The van der Waals surface area contributed by atoms with Crippen molar-refractivity contribution in [3.05, 3.63) is 29.8 Å². The van der Waals surface area contributed by atoms with Crippen molar-refractivity contribution in [3.8, 4) is 0 Å². The highest BCUT2D eigenvalue weighted by molar-refractivity contribution is 5.94. The SMILES string of the molecule is CC1CCC(C(=O)Nc2ccc(C(C)(C)CN)cc2)O1. The number of hydrogen-bond acceptors (Lipinski definition) is 3. The van der Waals surface area contributed by atoms with Crippen LogP contribution in [0.4, 0.5) is 5.69 Å². The first kappa shape index (κ1) is 15.0. The number of carbonyl (C=O) groups excluding carboxylic acids is 1. The highest BCUT2D eigenvalue weighted by atomic mass is 16.5. The van der Waals surface area contributed by atoms with Crippen LogP contribution >= 0.6 is 0 Å². The first-order chi connectivity index (χ1) is 9.42. The summed E-state index contributed by atoms with van der Waals surface area (Å²) in [6.07, 6.45) is 1.61. The number of carbonyl (C=O) groups is 1. The zero-order valence-electron chi connectivity index (χ0n) is 12.5. The maximum absolute atomic E-state index is 12.0. The molecule has 0 saturated carbocycles. The smallest absolute Gasteiger partial charge is 0.253 e. The minimum atomic E-state index is -0.315. The standard InChI is InChI=1S/C16H24N2O2/c1-11-4-9-14(20-11)15(19)18-13-7-5-12(6-8-13)16(2,3)10-17/h5-8,11,14H,4,9-10,17H2,1-3H3,(H,18,19). The number of benzene rings is 1. The van der Waals surface area contributed by atoms with E-state index in [1.165, 1.54) is 5.56 Å². The lowest BCUT2D eigenvalue weighted by molar-refractivity contribution is -0.126. The van der Waals surface area contributed by atoms with Crippen LogP contribution in [0.1, 0.15) is 39.2 Å². The van der Waals surface area contributed by atoms with Gasteiger partial charge in [-0.25, -0.2) is 0 Å². The van der Waals surface area contributed by atoms with Crippen LogP contribution in [0.2, 0.25) is 0 Å². The van der Waals surface area contributed by atoms with E-state index in [-0.39, 0.29) is 23.5 Å². The fraction of sp³-hybridized carbons (Fsp3) is 0.562. The molecule has 0 aliphatic carbocycles. The van der Waals surface area contributed by atoms with E-state index in [4.69, 9.17) is 10.5 Å². The van der Waals surface area contributed by atoms with Crippen molar-refractivity contribution >= 4 is 11.6 Å². The van der Waals surface area contributed by atoms with E-state index in [1.807, 2.05) is 31.2 Å². The summed E-state index contributed by atoms with van der Waals surface area (Å²) < 4.78 is 5.56. The van der Waals surface area contributed by atoms with Crippen LogP contribution in [-0.4, -0.2) is 24.7 Å². The summed E-state index contributed by atoms with van der Waals surface area (Å²) in [7, 11) is 0. The number of nitrogens with one attached hydrogen (secondary N) is 1. The molecule has 0 bridgehead atoms. The molecule has 1 aliphatic heterocycles. The lowest BCUT2D eigenvalue weighted by atomic mass is 9.85. The van der Waals surface area contributed by atoms with E-state index in [1.54, 1.807) is 0 Å². The third-order valence-corrected chi connectivity index (χ3v) is 3.97. The summed E-state index contributed by atoms with van der Waals surface area (Å²) >= 11 is 0. The average Bonchev–Trinajstić information content (AvgIpc) is 2.86. The monoisotopic (exact) mass is 276 g/mol. The van der Waals surface area contributed by atoms with Crippen LogP contribution in [0, 0.1) is 0 Å². The van der Waals surface area contributed by atoms with Crippen LogP contribution in [0.15, 0.2) is 24.3 Å². The van der Waals surface area contributed by atoms with Crippen LogP contribution in [0.25, 0.3) is 0 Å². The van der Waals surface area contributed by atoms with Gasteiger partial charge in [0.25, 0.3) is 5.91 Å². The Kier molecular flexibility index (Phi) is 4.45. The van der Waals surface area contributed by atoms with Crippen molar-refractivity contribution in [2.75, 3.05) is 11.9 Å². The number of anilines is 1. The maximum atomic E-state index is 12.0. The molecule has 1 fully saturated rings. The zero-order valence-corrected chi connectivity index (χ0v) is 12.5. The molecule has 2 atom stereocenters. The highest BCUT2D eigenvalue weighted by Gasteiger charge is 2.28. The van der Waals surface area contributed by atoms with Crippen LogP contribution in [0.5, 0.6) is 0 Å². The molecule has 1 saturated heterocycles. The van der Waals surface area contributed by atoms with Gasteiger partial charge in [-0.05, 0) is 37.5 Å². The van der Waals surface area contributed by atoms with Gasteiger partial charge < -0.3 is 15.8 Å². The van der Waals surface area contributed by atoms with Crippen molar-refractivity contribution in [2.24, 2.45) is 5.73 Å². The van der Waals surface area contributed by atoms with Crippen molar-refractivity contribution in [2.45, 2.75) is 51.2 Å². The quantitative estimate of drug-likeness (QED) is 0.887. The Morgan fingerprint density at radius 3 is 2.50 bits per heavy atom. The Morgan fingerprint density at radius 2 is 2.00 bits per heavy atom. The fourth-order valence-electron chi connectivity index (χ4n) is 2.34. The fourth-order valence-corrected chi connectivity index (χ4v) is 2.34. The number of ether oxygens (including phenoxy) is 1. The van der Waals surface area contributed by atoms with Gasteiger partial charge in [-0.3, -0.25) is 4.79 Å².